The van der Waals surface area contributed by atoms with Gasteiger partial charge in [0.2, 0.25) is 0 Å². The first-order valence-corrected chi connectivity index (χ1v) is 6.95. The molecule has 0 aliphatic carbocycles. The van der Waals surface area contributed by atoms with Crippen molar-refractivity contribution in [2.45, 2.75) is 12.2 Å². The molecule has 1 atom stereocenters. The van der Waals surface area contributed by atoms with Crippen LogP contribution < -0.4 is 16.6 Å². The molecule has 9 heteroatoms. The number of rotatable bonds is 6. The first-order chi connectivity index (χ1) is 9.40. The van der Waals surface area contributed by atoms with E-state index in [1.165, 1.54) is 0 Å². The van der Waals surface area contributed by atoms with Crippen LogP contribution in [-0.4, -0.2) is 28.9 Å². The third-order valence-corrected chi connectivity index (χ3v) is 3.61. The fraction of sp³-hybridized carbons (Fsp3) is 0.364. The Morgan fingerprint density at radius 3 is 2.75 bits per heavy atom. The van der Waals surface area contributed by atoms with E-state index in [2.05, 4.69) is 10.7 Å². The summed E-state index contributed by atoms with van der Waals surface area (Å²) in [6, 6.07) is 1.69. The van der Waals surface area contributed by atoms with Crippen molar-refractivity contribution >= 4 is 29.0 Å². The molecule has 20 heavy (non-hydrogen) atoms. The maximum absolute atomic E-state index is 13.4. The van der Waals surface area contributed by atoms with Gasteiger partial charge >= 0.3 is 0 Å². The number of halogens is 1. The molecule has 1 aromatic rings. The number of nitrogens with zero attached hydrogens (tertiary/aromatic N) is 1. The van der Waals surface area contributed by atoms with Gasteiger partial charge in [-0.2, -0.15) is 11.8 Å². The number of hydrazine groups is 1. The number of hydrogen-bond acceptors (Lipinski definition) is 6. The van der Waals surface area contributed by atoms with E-state index in [9.17, 15) is 19.3 Å². The van der Waals surface area contributed by atoms with Gasteiger partial charge in [0.25, 0.3) is 11.6 Å². The summed E-state index contributed by atoms with van der Waals surface area (Å²) in [6.45, 7) is 2.25. The third kappa shape index (κ3) is 3.81. The molecular weight excluding hydrogens is 287 g/mol. The second-order valence-corrected chi connectivity index (χ2v) is 5.28. The number of hydrogen-bond donors (Lipinski definition) is 3. The van der Waals surface area contributed by atoms with Crippen molar-refractivity contribution in [3.63, 3.8) is 0 Å². The molecule has 0 bridgehead atoms. The lowest BCUT2D eigenvalue weighted by Crippen LogP contribution is -2.30. The summed E-state index contributed by atoms with van der Waals surface area (Å²) in [5.74, 6) is 3.56. The highest BCUT2D eigenvalue weighted by Gasteiger charge is 2.23. The lowest BCUT2D eigenvalue weighted by molar-refractivity contribution is -0.385. The van der Waals surface area contributed by atoms with E-state index in [1.54, 1.807) is 11.8 Å². The van der Waals surface area contributed by atoms with Gasteiger partial charge in [0, 0.05) is 11.8 Å². The smallest absolute Gasteiger partial charge is 0.285 e. The van der Waals surface area contributed by atoms with Gasteiger partial charge in [-0.05, 0) is 12.3 Å². The minimum absolute atomic E-state index is 0.158. The number of thioether (sulfide) groups is 1. The molecule has 0 aliphatic rings. The summed E-state index contributed by atoms with van der Waals surface area (Å²) < 4.78 is 13.4. The molecule has 0 saturated carbocycles. The number of nitro benzene ring substituents is 1. The maximum atomic E-state index is 13.4. The third-order valence-electron chi connectivity index (χ3n) is 2.63. The Labute approximate surface area is 119 Å². The average molecular weight is 302 g/mol. The molecule has 1 rings (SSSR count). The number of amides is 1. The van der Waals surface area contributed by atoms with Gasteiger partial charge in [-0.3, -0.25) is 20.8 Å². The summed E-state index contributed by atoms with van der Waals surface area (Å²) in [7, 11) is 0. The molecule has 1 unspecified atom stereocenters. The van der Waals surface area contributed by atoms with E-state index >= 15 is 0 Å². The van der Waals surface area contributed by atoms with Crippen molar-refractivity contribution in [3.05, 3.63) is 33.6 Å². The Morgan fingerprint density at radius 2 is 2.25 bits per heavy atom. The van der Waals surface area contributed by atoms with E-state index in [1.807, 2.05) is 13.2 Å². The van der Waals surface area contributed by atoms with Crippen molar-refractivity contribution in [2.24, 2.45) is 5.84 Å². The Kier molecular flexibility index (Phi) is 5.71. The van der Waals surface area contributed by atoms with Crippen LogP contribution in [-0.2, 0) is 0 Å². The minimum atomic E-state index is -0.895. The predicted molar refractivity (Wildman–Crippen MR) is 76.2 cm³/mol. The number of carbonyl (C=O) groups is 1. The SMILES string of the molecule is CSC(C)CNC(=O)c1cc(NN)c(F)cc1[N+](=O)[O-]. The number of nitrogens with one attached hydrogen (secondary N) is 2. The highest BCUT2D eigenvalue weighted by molar-refractivity contribution is 7.99. The molecule has 0 fully saturated rings. The maximum Gasteiger partial charge on any atom is 0.285 e. The summed E-state index contributed by atoms with van der Waals surface area (Å²) in [6.07, 6.45) is 1.88. The zero-order valence-electron chi connectivity index (χ0n) is 11.0. The van der Waals surface area contributed by atoms with Crippen LogP contribution in [0.2, 0.25) is 0 Å². The first-order valence-electron chi connectivity index (χ1n) is 5.66. The standard InChI is InChI=1S/C11H15FN4O3S/c1-6(20-2)5-14-11(17)7-3-9(15-13)8(12)4-10(7)16(18)19/h3-4,6,15H,5,13H2,1-2H3,(H,14,17). The highest BCUT2D eigenvalue weighted by Crippen LogP contribution is 2.25. The van der Waals surface area contributed by atoms with Gasteiger partial charge in [-0.15, -0.1) is 0 Å². The zero-order chi connectivity index (χ0) is 15.3. The van der Waals surface area contributed by atoms with E-state index in [4.69, 9.17) is 5.84 Å². The Hall–Kier alpha value is -1.87. The van der Waals surface area contributed by atoms with Crippen molar-refractivity contribution in [1.29, 1.82) is 0 Å². The molecule has 1 amide bonds. The normalized spacial score (nSPS) is 11.8. The number of nitrogen functional groups attached to an aromatic ring is 1. The molecule has 4 N–H and O–H groups in total. The van der Waals surface area contributed by atoms with Crippen LogP contribution in [0.25, 0.3) is 0 Å². The molecular formula is C11H15FN4O3S. The molecule has 1 aromatic carbocycles. The Balaban J connectivity index is 3.08. The van der Waals surface area contributed by atoms with Crippen LogP contribution in [0.15, 0.2) is 12.1 Å². The molecule has 7 nitrogen and oxygen atoms in total. The first kappa shape index (κ1) is 16.2. The molecule has 0 radical (unpaired) electrons. The van der Waals surface area contributed by atoms with Gasteiger partial charge in [-0.25, -0.2) is 4.39 Å². The van der Waals surface area contributed by atoms with E-state index in [-0.39, 0.29) is 16.5 Å². The van der Waals surface area contributed by atoms with Gasteiger partial charge in [0.1, 0.15) is 5.56 Å². The van der Waals surface area contributed by atoms with Crippen LogP contribution in [0.3, 0.4) is 0 Å². The van der Waals surface area contributed by atoms with Crippen LogP contribution >= 0.6 is 11.8 Å². The largest absolute Gasteiger partial charge is 0.351 e. The molecule has 0 aliphatic heterocycles. The molecule has 110 valence electrons. The molecule has 0 aromatic heterocycles. The number of nitrogens with two attached hydrogens (primary N) is 1. The number of anilines is 1. The lowest BCUT2D eigenvalue weighted by atomic mass is 10.1. The number of nitro groups is 1. The summed E-state index contributed by atoms with van der Waals surface area (Å²) in [4.78, 5) is 22.0. The minimum Gasteiger partial charge on any atom is -0.351 e. The van der Waals surface area contributed by atoms with Gasteiger partial charge in [-0.1, -0.05) is 6.92 Å². The Bertz CT molecular complexity index is 527. The van der Waals surface area contributed by atoms with Crippen LogP contribution in [0.5, 0.6) is 0 Å². The molecule has 0 spiro atoms. The molecule has 0 heterocycles. The summed E-state index contributed by atoms with van der Waals surface area (Å²) in [5.41, 5.74) is 1.03. The quantitative estimate of drug-likeness (QED) is 0.417. The average Bonchev–Trinajstić information content (AvgIpc) is 2.43. The monoisotopic (exact) mass is 302 g/mol. The van der Waals surface area contributed by atoms with E-state index < -0.39 is 22.3 Å². The van der Waals surface area contributed by atoms with Crippen LogP contribution in [0.1, 0.15) is 17.3 Å². The van der Waals surface area contributed by atoms with Crippen molar-refractivity contribution in [1.82, 2.24) is 5.32 Å². The number of benzene rings is 1. The van der Waals surface area contributed by atoms with Gasteiger partial charge < -0.3 is 10.7 Å². The lowest BCUT2D eigenvalue weighted by Gasteiger charge is -2.11. The zero-order valence-corrected chi connectivity index (χ0v) is 11.8. The predicted octanol–water partition coefficient (Wildman–Crippen LogP) is 1.50. The van der Waals surface area contributed by atoms with Gasteiger partial charge in [0.05, 0.1) is 16.7 Å². The van der Waals surface area contributed by atoms with Gasteiger partial charge in [0.15, 0.2) is 5.82 Å². The summed E-state index contributed by atoms with van der Waals surface area (Å²) >= 11 is 1.54. The summed E-state index contributed by atoms with van der Waals surface area (Å²) in [5, 5.41) is 13.6. The van der Waals surface area contributed by atoms with Crippen LogP contribution in [0.4, 0.5) is 15.8 Å². The Morgan fingerprint density at radius 1 is 1.60 bits per heavy atom. The van der Waals surface area contributed by atoms with E-state index in [0.29, 0.717) is 12.6 Å². The second-order valence-electron chi connectivity index (χ2n) is 4.01. The van der Waals surface area contributed by atoms with Crippen molar-refractivity contribution in [3.8, 4) is 0 Å². The van der Waals surface area contributed by atoms with E-state index in [0.717, 1.165) is 6.07 Å². The fourth-order valence-electron chi connectivity index (χ4n) is 1.42. The highest BCUT2D eigenvalue weighted by atomic mass is 32.2. The van der Waals surface area contributed by atoms with Crippen molar-refractivity contribution < 1.29 is 14.1 Å². The molecule has 0 saturated heterocycles. The number of carbonyl (C=O) groups excluding carboxylic acids is 1. The topological polar surface area (TPSA) is 110 Å². The fourth-order valence-corrected chi connectivity index (χ4v) is 1.67. The van der Waals surface area contributed by atoms with Crippen molar-refractivity contribution in [2.75, 3.05) is 18.2 Å². The second kappa shape index (κ2) is 7.06. The van der Waals surface area contributed by atoms with Crippen LogP contribution in [0, 0.1) is 15.9 Å².